The topological polar surface area (TPSA) is 78.8 Å². The SMILES string of the molecule is CCc1nc(N)c(C)c(N(CC)CCC#N)n1. The van der Waals surface area contributed by atoms with Crippen LogP contribution in [0.25, 0.3) is 0 Å². The van der Waals surface area contributed by atoms with Crippen LogP contribution in [-0.4, -0.2) is 23.1 Å². The predicted octanol–water partition coefficient (Wildman–Crippen LogP) is 1.67. The van der Waals surface area contributed by atoms with Crippen LogP contribution in [-0.2, 0) is 6.42 Å². The first-order chi connectivity index (χ1) is 8.13. The Hall–Kier alpha value is -1.83. The third kappa shape index (κ3) is 3.06. The van der Waals surface area contributed by atoms with Crippen LogP contribution in [0.2, 0.25) is 0 Å². The molecule has 1 heterocycles. The Balaban J connectivity index is 3.09. The van der Waals surface area contributed by atoms with E-state index in [0.29, 0.717) is 18.8 Å². The van der Waals surface area contributed by atoms with Crippen molar-refractivity contribution in [2.45, 2.75) is 33.6 Å². The van der Waals surface area contributed by atoms with Gasteiger partial charge in [0.1, 0.15) is 17.5 Å². The van der Waals surface area contributed by atoms with E-state index < -0.39 is 0 Å². The number of aromatic nitrogens is 2. The number of anilines is 2. The fraction of sp³-hybridized carbons (Fsp3) is 0.583. The van der Waals surface area contributed by atoms with Gasteiger partial charge in [-0.1, -0.05) is 6.92 Å². The normalized spacial score (nSPS) is 10.0. The third-order valence-corrected chi connectivity index (χ3v) is 2.70. The van der Waals surface area contributed by atoms with Crippen LogP contribution in [0.5, 0.6) is 0 Å². The molecule has 0 atom stereocenters. The molecule has 92 valence electrons. The van der Waals surface area contributed by atoms with Gasteiger partial charge < -0.3 is 10.6 Å². The molecule has 17 heavy (non-hydrogen) atoms. The van der Waals surface area contributed by atoms with Crippen molar-refractivity contribution in [2.75, 3.05) is 23.7 Å². The fourth-order valence-electron chi connectivity index (χ4n) is 1.63. The minimum Gasteiger partial charge on any atom is -0.383 e. The lowest BCUT2D eigenvalue weighted by atomic mass is 10.2. The highest BCUT2D eigenvalue weighted by Crippen LogP contribution is 2.21. The summed E-state index contributed by atoms with van der Waals surface area (Å²) in [6.07, 6.45) is 1.24. The van der Waals surface area contributed by atoms with E-state index in [1.807, 2.05) is 20.8 Å². The predicted molar refractivity (Wildman–Crippen MR) is 68.7 cm³/mol. The van der Waals surface area contributed by atoms with E-state index in [1.54, 1.807) is 0 Å². The van der Waals surface area contributed by atoms with Gasteiger partial charge in [-0.15, -0.1) is 0 Å². The highest BCUT2D eigenvalue weighted by Gasteiger charge is 2.13. The van der Waals surface area contributed by atoms with Crippen LogP contribution in [0.4, 0.5) is 11.6 Å². The summed E-state index contributed by atoms with van der Waals surface area (Å²) in [7, 11) is 0. The minimum atomic E-state index is 0.485. The van der Waals surface area contributed by atoms with Gasteiger partial charge in [-0.3, -0.25) is 0 Å². The maximum Gasteiger partial charge on any atom is 0.137 e. The number of aryl methyl sites for hydroxylation is 1. The second-order valence-corrected chi connectivity index (χ2v) is 3.82. The Labute approximate surface area is 102 Å². The largest absolute Gasteiger partial charge is 0.383 e. The minimum absolute atomic E-state index is 0.485. The monoisotopic (exact) mass is 233 g/mol. The van der Waals surface area contributed by atoms with Crippen molar-refractivity contribution in [3.05, 3.63) is 11.4 Å². The Morgan fingerprint density at radius 1 is 1.35 bits per heavy atom. The number of nitrogens with zero attached hydrogens (tertiary/aromatic N) is 4. The summed E-state index contributed by atoms with van der Waals surface area (Å²) in [6, 6.07) is 2.15. The molecule has 0 aromatic carbocycles. The number of nitrogen functional groups attached to an aromatic ring is 1. The Bertz CT molecular complexity index is 422. The number of hydrogen-bond donors (Lipinski definition) is 1. The average molecular weight is 233 g/mol. The van der Waals surface area contributed by atoms with Gasteiger partial charge in [-0.25, -0.2) is 9.97 Å². The molecule has 0 unspecified atom stereocenters. The van der Waals surface area contributed by atoms with Gasteiger partial charge in [0.15, 0.2) is 0 Å². The highest BCUT2D eigenvalue weighted by molar-refractivity contribution is 5.56. The van der Waals surface area contributed by atoms with Crippen LogP contribution >= 0.6 is 0 Å². The Kier molecular flexibility index (Phi) is 4.70. The van der Waals surface area contributed by atoms with E-state index in [9.17, 15) is 0 Å². The molecular formula is C12H19N5. The quantitative estimate of drug-likeness (QED) is 0.836. The molecule has 5 heteroatoms. The fourth-order valence-corrected chi connectivity index (χ4v) is 1.63. The summed E-state index contributed by atoms with van der Waals surface area (Å²) in [5, 5.41) is 8.65. The van der Waals surface area contributed by atoms with Gasteiger partial charge in [-0.2, -0.15) is 5.26 Å². The lowest BCUT2D eigenvalue weighted by molar-refractivity contribution is 0.791. The van der Waals surface area contributed by atoms with Gasteiger partial charge in [0.05, 0.1) is 12.5 Å². The van der Waals surface area contributed by atoms with E-state index in [2.05, 4.69) is 20.9 Å². The number of nitriles is 1. The Morgan fingerprint density at radius 3 is 2.59 bits per heavy atom. The van der Waals surface area contributed by atoms with Crippen molar-refractivity contribution < 1.29 is 0 Å². The van der Waals surface area contributed by atoms with Crippen LogP contribution in [0.1, 0.15) is 31.7 Å². The van der Waals surface area contributed by atoms with Gasteiger partial charge >= 0.3 is 0 Å². The van der Waals surface area contributed by atoms with Crippen LogP contribution in [0.3, 0.4) is 0 Å². The average Bonchev–Trinajstić information content (AvgIpc) is 2.34. The molecule has 0 aliphatic carbocycles. The summed E-state index contributed by atoms with van der Waals surface area (Å²) in [5.41, 5.74) is 6.77. The standard InChI is InChI=1S/C12H19N5/c1-4-10-15-11(14)9(3)12(16-10)17(5-2)8-6-7-13/h4-6,8H2,1-3H3,(H2,14,15,16). The molecule has 0 aliphatic heterocycles. The number of rotatable bonds is 5. The maximum atomic E-state index is 8.65. The summed E-state index contributed by atoms with van der Waals surface area (Å²) in [5.74, 6) is 2.13. The van der Waals surface area contributed by atoms with Crippen molar-refractivity contribution in [2.24, 2.45) is 0 Å². The van der Waals surface area contributed by atoms with Gasteiger partial charge in [-0.05, 0) is 13.8 Å². The number of nitrogens with two attached hydrogens (primary N) is 1. The highest BCUT2D eigenvalue weighted by atomic mass is 15.2. The molecule has 5 nitrogen and oxygen atoms in total. The molecule has 0 saturated heterocycles. The molecule has 0 saturated carbocycles. The van der Waals surface area contributed by atoms with Gasteiger partial charge in [0.25, 0.3) is 0 Å². The molecule has 1 aromatic heterocycles. The van der Waals surface area contributed by atoms with Gasteiger partial charge in [0.2, 0.25) is 0 Å². The van der Waals surface area contributed by atoms with E-state index in [4.69, 9.17) is 11.0 Å². The molecule has 0 aliphatic rings. The zero-order valence-electron chi connectivity index (χ0n) is 10.7. The molecular weight excluding hydrogens is 214 g/mol. The zero-order chi connectivity index (χ0) is 12.8. The number of hydrogen-bond acceptors (Lipinski definition) is 5. The molecule has 1 rings (SSSR count). The second kappa shape index (κ2) is 6.04. The lowest BCUT2D eigenvalue weighted by Gasteiger charge is -2.23. The first-order valence-corrected chi connectivity index (χ1v) is 5.88. The summed E-state index contributed by atoms with van der Waals surface area (Å²) < 4.78 is 0. The molecule has 0 fully saturated rings. The first kappa shape index (κ1) is 13.2. The molecule has 1 aromatic rings. The smallest absolute Gasteiger partial charge is 0.137 e. The van der Waals surface area contributed by atoms with Crippen molar-refractivity contribution in [3.8, 4) is 6.07 Å². The van der Waals surface area contributed by atoms with Gasteiger partial charge in [0, 0.05) is 25.1 Å². The van der Waals surface area contributed by atoms with Crippen molar-refractivity contribution in [1.82, 2.24) is 9.97 Å². The molecule has 0 spiro atoms. The van der Waals surface area contributed by atoms with Crippen molar-refractivity contribution in [3.63, 3.8) is 0 Å². The molecule has 0 radical (unpaired) electrons. The van der Waals surface area contributed by atoms with E-state index in [0.717, 1.165) is 30.2 Å². The molecule has 0 bridgehead atoms. The van der Waals surface area contributed by atoms with Crippen LogP contribution in [0, 0.1) is 18.3 Å². The Morgan fingerprint density at radius 2 is 2.06 bits per heavy atom. The third-order valence-electron chi connectivity index (χ3n) is 2.70. The zero-order valence-corrected chi connectivity index (χ0v) is 10.7. The molecule has 2 N–H and O–H groups in total. The maximum absolute atomic E-state index is 8.65. The summed E-state index contributed by atoms with van der Waals surface area (Å²) >= 11 is 0. The van der Waals surface area contributed by atoms with E-state index in [-0.39, 0.29) is 0 Å². The van der Waals surface area contributed by atoms with Crippen LogP contribution in [0.15, 0.2) is 0 Å². The molecule has 0 amide bonds. The van der Waals surface area contributed by atoms with Crippen molar-refractivity contribution >= 4 is 11.6 Å². The summed E-state index contributed by atoms with van der Waals surface area (Å²) in [4.78, 5) is 10.8. The van der Waals surface area contributed by atoms with E-state index in [1.165, 1.54) is 0 Å². The van der Waals surface area contributed by atoms with E-state index >= 15 is 0 Å². The lowest BCUT2D eigenvalue weighted by Crippen LogP contribution is -2.26. The first-order valence-electron chi connectivity index (χ1n) is 5.88. The summed E-state index contributed by atoms with van der Waals surface area (Å²) in [6.45, 7) is 7.44. The van der Waals surface area contributed by atoms with Crippen LogP contribution < -0.4 is 10.6 Å². The second-order valence-electron chi connectivity index (χ2n) is 3.82. The van der Waals surface area contributed by atoms with Crippen molar-refractivity contribution in [1.29, 1.82) is 5.26 Å².